The van der Waals surface area contributed by atoms with Crippen molar-refractivity contribution in [3.05, 3.63) is 68.8 Å². The molecule has 4 heterocycles. The largest absolute Gasteiger partial charge is 0.379 e. The summed E-state index contributed by atoms with van der Waals surface area (Å²) in [5.74, 6) is -0.677. The van der Waals surface area contributed by atoms with E-state index in [-0.39, 0.29) is 22.5 Å². The van der Waals surface area contributed by atoms with Crippen LogP contribution in [0.3, 0.4) is 0 Å². The first-order valence-electron chi connectivity index (χ1n) is 11.3. The molecular weight excluding hydrogens is 461 g/mol. The quantitative estimate of drug-likeness (QED) is 0.577. The maximum Gasteiger partial charge on any atom is 0.267 e. The molecule has 1 unspecified atom stereocenters. The van der Waals surface area contributed by atoms with E-state index in [9.17, 15) is 14.0 Å². The summed E-state index contributed by atoms with van der Waals surface area (Å²) < 4.78 is 20.1. The van der Waals surface area contributed by atoms with E-state index in [1.165, 1.54) is 6.07 Å². The molecule has 178 valence electrons. The van der Waals surface area contributed by atoms with Gasteiger partial charge in [0, 0.05) is 51.1 Å². The molecule has 1 aromatic carbocycles. The minimum absolute atomic E-state index is 0.0147. The third-order valence-electron chi connectivity index (χ3n) is 6.30. The number of carbonyl (C=O) groups excluding carboxylic acids is 1. The number of anilines is 1. The smallest absolute Gasteiger partial charge is 0.267 e. The Morgan fingerprint density at radius 2 is 2.06 bits per heavy atom. The van der Waals surface area contributed by atoms with Gasteiger partial charge in [0.15, 0.2) is 0 Å². The summed E-state index contributed by atoms with van der Waals surface area (Å²) in [6, 6.07) is 8.11. The van der Waals surface area contributed by atoms with Crippen LogP contribution in [0.5, 0.6) is 0 Å². The molecule has 2 aliphatic heterocycles. The fourth-order valence-electron chi connectivity index (χ4n) is 4.41. The SMILES string of the molecule is O=C(NC1CCOC1)c1ccc(N2CCN(Cc3cnc4cc(Cl)c(=O)[nH]c4c3)CC2)c(F)c1. The number of aromatic nitrogens is 2. The summed E-state index contributed by atoms with van der Waals surface area (Å²) in [7, 11) is 0. The maximum absolute atomic E-state index is 14.9. The number of H-pyrrole nitrogens is 1. The van der Waals surface area contributed by atoms with Crippen molar-refractivity contribution in [1.29, 1.82) is 0 Å². The average Bonchev–Trinajstić information content (AvgIpc) is 3.34. The van der Waals surface area contributed by atoms with Crippen molar-refractivity contribution in [3.63, 3.8) is 0 Å². The van der Waals surface area contributed by atoms with Gasteiger partial charge < -0.3 is 19.9 Å². The van der Waals surface area contributed by atoms with Gasteiger partial charge in [0.25, 0.3) is 11.5 Å². The maximum atomic E-state index is 14.9. The minimum atomic E-state index is -0.398. The molecule has 0 bridgehead atoms. The molecule has 0 saturated carbocycles. The molecule has 2 aromatic heterocycles. The summed E-state index contributed by atoms with van der Waals surface area (Å²) in [5, 5.41) is 3.00. The van der Waals surface area contributed by atoms with Crippen LogP contribution in [0.1, 0.15) is 22.3 Å². The van der Waals surface area contributed by atoms with Crippen LogP contribution in [-0.2, 0) is 11.3 Å². The number of ether oxygens (including phenoxy) is 1. The number of hydrogen-bond acceptors (Lipinski definition) is 6. The van der Waals surface area contributed by atoms with Crippen molar-refractivity contribution in [2.24, 2.45) is 0 Å². The zero-order valence-electron chi connectivity index (χ0n) is 18.5. The van der Waals surface area contributed by atoms with Crippen molar-refractivity contribution >= 4 is 34.2 Å². The van der Waals surface area contributed by atoms with E-state index >= 15 is 0 Å². The Bertz CT molecular complexity index is 1270. The normalized spacial score (nSPS) is 19.0. The summed E-state index contributed by atoms with van der Waals surface area (Å²) >= 11 is 5.87. The molecule has 0 spiro atoms. The highest BCUT2D eigenvalue weighted by atomic mass is 35.5. The Morgan fingerprint density at radius 1 is 1.24 bits per heavy atom. The predicted molar refractivity (Wildman–Crippen MR) is 128 cm³/mol. The van der Waals surface area contributed by atoms with Gasteiger partial charge in [-0.15, -0.1) is 0 Å². The van der Waals surface area contributed by atoms with Gasteiger partial charge >= 0.3 is 0 Å². The lowest BCUT2D eigenvalue weighted by Crippen LogP contribution is -2.46. The molecule has 1 amide bonds. The van der Waals surface area contributed by atoms with Gasteiger partial charge in [-0.25, -0.2) is 4.39 Å². The molecule has 2 N–H and O–H groups in total. The monoisotopic (exact) mass is 485 g/mol. The zero-order chi connectivity index (χ0) is 23.7. The molecule has 8 nitrogen and oxygen atoms in total. The molecule has 2 fully saturated rings. The first-order valence-corrected chi connectivity index (χ1v) is 11.7. The number of rotatable bonds is 5. The van der Waals surface area contributed by atoms with Gasteiger partial charge in [0.1, 0.15) is 10.8 Å². The van der Waals surface area contributed by atoms with Gasteiger partial charge in [0.2, 0.25) is 0 Å². The minimum Gasteiger partial charge on any atom is -0.379 e. The van der Waals surface area contributed by atoms with Gasteiger partial charge in [-0.1, -0.05) is 11.6 Å². The van der Waals surface area contributed by atoms with Gasteiger partial charge in [0.05, 0.1) is 29.4 Å². The number of nitrogens with zero attached hydrogens (tertiary/aromatic N) is 3. The highest BCUT2D eigenvalue weighted by molar-refractivity contribution is 6.30. The molecule has 5 rings (SSSR count). The molecule has 1 atom stereocenters. The van der Waals surface area contributed by atoms with E-state index in [0.29, 0.717) is 55.1 Å². The fraction of sp³-hybridized carbons (Fsp3) is 0.375. The Balaban J connectivity index is 1.19. The molecule has 2 saturated heterocycles. The number of aromatic amines is 1. The Hall–Kier alpha value is -3.01. The van der Waals surface area contributed by atoms with Crippen molar-refractivity contribution < 1.29 is 13.9 Å². The van der Waals surface area contributed by atoms with Crippen LogP contribution in [0.25, 0.3) is 11.0 Å². The lowest BCUT2D eigenvalue weighted by atomic mass is 10.1. The Kier molecular flexibility index (Phi) is 6.49. The van der Waals surface area contributed by atoms with Crippen LogP contribution in [-0.4, -0.2) is 66.2 Å². The zero-order valence-corrected chi connectivity index (χ0v) is 19.3. The summed E-state index contributed by atoms with van der Waals surface area (Å²) in [5.41, 5.74) is 2.75. The molecule has 3 aromatic rings. The summed E-state index contributed by atoms with van der Waals surface area (Å²) in [6.07, 6.45) is 2.56. The summed E-state index contributed by atoms with van der Waals surface area (Å²) in [4.78, 5) is 35.6. The second-order valence-electron chi connectivity index (χ2n) is 8.69. The molecule has 2 aliphatic rings. The lowest BCUT2D eigenvalue weighted by molar-refractivity contribution is 0.0929. The standard InChI is InChI=1S/C24H25ClFN5O3/c25-18-11-20-21(29-24(18)33)9-15(12-27-20)13-30-4-6-31(7-5-30)22-2-1-16(10-19(22)26)23(32)28-17-3-8-34-14-17/h1-2,9-12,17H,3-8,13-14H2,(H,28,32)(H,29,33). The van der Waals surface area contributed by atoms with E-state index in [2.05, 4.69) is 20.2 Å². The number of piperazine rings is 1. The van der Waals surface area contributed by atoms with Crippen molar-refractivity contribution in [1.82, 2.24) is 20.2 Å². The number of carbonyl (C=O) groups is 1. The number of pyridine rings is 2. The lowest BCUT2D eigenvalue weighted by Gasteiger charge is -2.36. The fourth-order valence-corrected chi connectivity index (χ4v) is 4.57. The van der Waals surface area contributed by atoms with Gasteiger partial charge in [-0.3, -0.25) is 19.5 Å². The second-order valence-corrected chi connectivity index (χ2v) is 9.09. The van der Waals surface area contributed by atoms with Crippen molar-refractivity contribution in [2.45, 2.75) is 19.0 Å². The van der Waals surface area contributed by atoms with Crippen molar-refractivity contribution in [2.75, 3.05) is 44.3 Å². The highest BCUT2D eigenvalue weighted by Crippen LogP contribution is 2.23. The number of halogens is 2. The van der Waals surface area contributed by atoms with E-state index < -0.39 is 5.82 Å². The van der Waals surface area contributed by atoms with Crippen molar-refractivity contribution in [3.8, 4) is 0 Å². The van der Waals surface area contributed by atoms with Crippen LogP contribution >= 0.6 is 11.6 Å². The van der Waals surface area contributed by atoms with E-state index in [4.69, 9.17) is 16.3 Å². The van der Waals surface area contributed by atoms with Crippen LogP contribution in [0.4, 0.5) is 10.1 Å². The first kappa shape index (κ1) is 22.8. The molecule has 10 heteroatoms. The molecule has 0 aliphatic carbocycles. The van der Waals surface area contributed by atoms with Crippen LogP contribution in [0.15, 0.2) is 41.3 Å². The van der Waals surface area contributed by atoms with Gasteiger partial charge in [-0.05, 0) is 42.3 Å². The van der Waals surface area contributed by atoms with Crippen LogP contribution in [0.2, 0.25) is 5.02 Å². The van der Waals surface area contributed by atoms with E-state index in [1.807, 2.05) is 11.0 Å². The van der Waals surface area contributed by atoms with E-state index in [0.717, 1.165) is 25.1 Å². The van der Waals surface area contributed by atoms with Crippen LogP contribution < -0.4 is 15.8 Å². The Labute approximate surface area is 200 Å². The average molecular weight is 486 g/mol. The number of nitrogens with one attached hydrogen (secondary N) is 2. The Morgan fingerprint density at radius 3 is 2.79 bits per heavy atom. The molecule has 34 heavy (non-hydrogen) atoms. The first-order chi connectivity index (χ1) is 16.5. The topological polar surface area (TPSA) is 90.6 Å². The van der Waals surface area contributed by atoms with Crippen LogP contribution in [0, 0.1) is 5.82 Å². The third kappa shape index (κ3) is 4.91. The predicted octanol–water partition coefficient (Wildman–Crippen LogP) is 2.56. The number of amides is 1. The number of fused-ring (bicyclic) bond motifs is 1. The van der Waals surface area contributed by atoms with Gasteiger partial charge in [-0.2, -0.15) is 0 Å². The number of hydrogen-bond donors (Lipinski definition) is 2. The number of benzene rings is 1. The molecular formula is C24H25ClFN5O3. The molecule has 0 radical (unpaired) electrons. The van der Waals surface area contributed by atoms with E-state index in [1.54, 1.807) is 24.4 Å². The third-order valence-corrected chi connectivity index (χ3v) is 6.58. The summed E-state index contributed by atoms with van der Waals surface area (Å²) in [6.45, 7) is 4.63. The second kappa shape index (κ2) is 9.69. The highest BCUT2D eigenvalue weighted by Gasteiger charge is 2.22.